The van der Waals surface area contributed by atoms with Gasteiger partial charge in [0.1, 0.15) is 5.82 Å². The van der Waals surface area contributed by atoms with Crippen LogP contribution in [0.25, 0.3) is 0 Å². The number of allylic oxidation sites excluding steroid dienone is 1. The van der Waals surface area contributed by atoms with E-state index >= 15 is 0 Å². The maximum absolute atomic E-state index is 13.1. The molecular formula is C18H26FN. The van der Waals surface area contributed by atoms with Crippen LogP contribution in [0.4, 0.5) is 4.39 Å². The van der Waals surface area contributed by atoms with E-state index in [1.165, 1.54) is 43.2 Å². The average molecular weight is 275 g/mol. The fourth-order valence-electron chi connectivity index (χ4n) is 3.36. The van der Waals surface area contributed by atoms with Crippen molar-refractivity contribution < 1.29 is 4.39 Å². The van der Waals surface area contributed by atoms with Crippen LogP contribution >= 0.6 is 0 Å². The van der Waals surface area contributed by atoms with Crippen molar-refractivity contribution in [3.05, 3.63) is 47.3 Å². The Kier molecular flexibility index (Phi) is 4.98. The summed E-state index contributed by atoms with van der Waals surface area (Å²) in [6, 6.07) is 7.26. The number of rotatable bonds is 4. The van der Waals surface area contributed by atoms with Crippen LogP contribution in [0, 0.1) is 5.82 Å². The zero-order chi connectivity index (χ0) is 14.6. The minimum Gasteiger partial charge on any atom is -0.313 e. The normalized spacial score (nSPS) is 18.3. The molecule has 0 radical (unpaired) electrons. The summed E-state index contributed by atoms with van der Waals surface area (Å²) < 4.78 is 13.1. The van der Waals surface area contributed by atoms with Gasteiger partial charge in [-0.3, -0.25) is 0 Å². The van der Waals surface area contributed by atoms with Crippen LogP contribution < -0.4 is 5.32 Å². The smallest absolute Gasteiger partial charge is 0.123 e. The highest BCUT2D eigenvalue weighted by molar-refractivity contribution is 5.31. The first-order valence-corrected chi connectivity index (χ1v) is 7.68. The lowest BCUT2D eigenvalue weighted by Crippen LogP contribution is -2.44. The summed E-state index contributed by atoms with van der Waals surface area (Å²) in [4.78, 5) is 0. The second-order valence-electron chi connectivity index (χ2n) is 6.33. The summed E-state index contributed by atoms with van der Waals surface area (Å²) in [6.45, 7) is 4.49. The first-order chi connectivity index (χ1) is 9.55. The molecule has 1 atom stereocenters. The van der Waals surface area contributed by atoms with Crippen molar-refractivity contribution in [2.75, 3.05) is 7.05 Å². The Bertz CT molecular complexity index is 459. The Morgan fingerprint density at radius 3 is 2.45 bits per heavy atom. The maximum atomic E-state index is 13.1. The van der Waals surface area contributed by atoms with Gasteiger partial charge in [-0.1, -0.05) is 44.1 Å². The second-order valence-corrected chi connectivity index (χ2v) is 6.33. The summed E-state index contributed by atoms with van der Waals surface area (Å²) in [7, 11) is 2.03. The second kappa shape index (κ2) is 6.53. The van der Waals surface area contributed by atoms with E-state index in [9.17, 15) is 4.39 Å². The molecule has 1 aliphatic carbocycles. The van der Waals surface area contributed by atoms with Crippen LogP contribution in [0.15, 0.2) is 35.9 Å². The number of nitrogens with one attached hydrogen (secondary N) is 1. The van der Waals surface area contributed by atoms with E-state index in [-0.39, 0.29) is 11.2 Å². The molecule has 1 aliphatic rings. The van der Waals surface area contributed by atoms with E-state index in [4.69, 9.17) is 0 Å². The molecule has 2 heteroatoms. The van der Waals surface area contributed by atoms with E-state index in [1.807, 2.05) is 19.2 Å². The maximum Gasteiger partial charge on any atom is 0.123 e. The van der Waals surface area contributed by atoms with Gasteiger partial charge < -0.3 is 5.32 Å². The quantitative estimate of drug-likeness (QED) is 0.793. The molecule has 0 saturated heterocycles. The molecule has 0 spiro atoms. The molecule has 0 aromatic heterocycles. The lowest BCUT2D eigenvalue weighted by molar-refractivity contribution is 0.391. The van der Waals surface area contributed by atoms with Gasteiger partial charge >= 0.3 is 0 Å². The van der Waals surface area contributed by atoms with Gasteiger partial charge in [-0.2, -0.15) is 0 Å². The average Bonchev–Trinajstić information content (AvgIpc) is 2.69. The number of halogens is 1. The third-order valence-electron chi connectivity index (χ3n) is 4.55. The zero-order valence-electron chi connectivity index (χ0n) is 12.9. The summed E-state index contributed by atoms with van der Waals surface area (Å²) in [6.07, 6.45) is 8.69. The standard InChI is InChI=1S/C18H26FN/c1-18(2,15-10-12-16(19)13-11-15)17(20-3)14-8-6-4-5-7-9-14/h8,10-13,17,20H,4-7,9H2,1-3H3. The van der Waals surface area contributed by atoms with Crippen LogP contribution in [0.1, 0.15) is 51.5 Å². The van der Waals surface area contributed by atoms with Crippen molar-refractivity contribution in [1.82, 2.24) is 5.32 Å². The fourth-order valence-corrected chi connectivity index (χ4v) is 3.36. The van der Waals surface area contributed by atoms with Gasteiger partial charge in [0.2, 0.25) is 0 Å². The van der Waals surface area contributed by atoms with Crippen LogP contribution in [-0.4, -0.2) is 13.1 Å². The van der Waals surface area contributed by atoms with Crippen molar-refractivity contribution in [1.29, 1.82) is 0 Å². The Morgan fingerprint density at radius 2 is 1.80 bits per heavy atom. The monoisotopic (exact) mass is 275 g/mol. The number of hydrogen-bond donors (Lipinski definition) is 1. The van der Waals surface area contributed by atoms with Gasteiger partial charge in [-0.05, 0) is 50.4 Å². The fraction of sp³-hybridized carbons (Fsp3) is 0.556. The van der Waals surface area contributed by atoms with Crippen molar-refractivity contribution in [3.63, 3.8) is 0 Å². The number of benzene rings is 1. The van der Waals surface area contributed by atoms with Crippen molar-refractivity contribution >= 4 is 0 Å². The molecule has 1 N–H and O–H groups in total. The lowest BCUT2D eigenvalue weighted by Gasteiger charge is -2.36. The lowest BCUT2D eigenvalue weighted by atomic mass is 9.74. The molecule has 1 aromatic rings. The largest absolute Gasteiger partial charge is 0.313 e. The van der Waals surface area contributed by atoms with E-state index in [2.05, 4.69) is 25.2 Å². The highest BCUT2D eigenvalue weighted by atomic mass is 19.1. The minimum absolute atomic E-state index is 0.0430. The molecule has 0 aliphatic heterocycles. The van der Waals surface area contributed by atoms with Crippen molar-refractivity contribution in [2.24, 2.45) is 0 Å². The summed E-state index contributed by atoms with van der Waals surface area (Å²) >= 11 is 0. The molecule has 0 saturated carbocycles. The van der Waals surface area contributed by atoms with Crippen LogP contribution in [0.2, 0.25) is 0 Å². The Hall–Kier alpha value is -1.15. The first-order valence-electron chi connectivity index (χ1n) is 7.68. The summed E-state index contributed by atoms with van der Waals surface area (Å²) in [5, 5.41) is 3.49. The van der Waals surface area contributed by atoms with E-state index in [0.717, 1.165) is 0 Å². The first kappa shape index (κ1) is 15.2. The third-order valence-corrected chi connectivity index (χ3v) is 4.55. The zero-order valence-corrected chi connectivity index (χ0v) is 12.9. The van der Waals surface area contributed by atoms with Crippen molar-refractivity contribution in [2.45, 2.75) is 57.4 Å². The Labute approximate surface area is 122 Å². The third kappa shape index (κ3) is 3.29. The SMILES string of the molecule is CNC(C1=CCCCCC1)C(C)(C)c1ccc(F)cc1. The minimum atomic E-state index is -0.167. The molecule has 0 heterocycles. The van der Waals surface area contributed by atoms with Gasteiger partial charge in [0.15, 0.2) is 0 Å². The van der Waals surface area contributed by atoms with E-state index in [1.54, 1.807) is 12.1 Å². The molecule has 0 amide bonds. The number of hydrogen-bond acceptors (Lipinski definition) is 1. The molecule has 0 fully saturated rings. The van der Waals surface area contributed by atoms with Gasteiger partial charge in [0, 0.05) is 11.5 Å². The van der Waals surface area contributed by atoms with Crippen LogP contribution in [-0.2, 0) is 5.41 Å². The van der Waals surface area contributed by atoms with Gasteiger partial charge in [0.05, 0.1) is 0 Å². The van der Waals surface area contributed by atoms with Crippen LogP contribution in [0.3, 0.4) is 0 Å². The molecule has 0 bridgehead atoms. The Morgan fingerprint density at radius 1 is 1.10 bits per heavy atom. The predicted molar refractivity (Wildman–Crippen MR) is 83.4 cm³/mol. The number of likely N-dealkylation sites (N-methyl/N-ethyl adjacent to an activating group) is 1. The molecule has 1 unspecified atom stereocenters. The van der Waals surface area contributed by atoms with Gasteiger partial charge in [-0.25, -0.2) is 4.39 Å². The summed E-state index contributed by atoms with van der Waals surface area (Å²) in [5.74, 6) is -0.167. The molecule has 110 valence electrons. The molecule has 1 aromatic carbocycles. The molecule has 20 heavy (non-hydrogen) atoms. The van der Waals surface area contributed by atoms with E-state index < -0.39 is 0 Å². The van der Waals surface area contributed by atoms with Gasteiger partial charge in [-0.15, -0.1) is 0 Å². The Balaban J connectivity index is 2.28. The van der Waals surface area contributed by atoms with E-state index in [0.29, 0.717) is 6.04 Å². The predicted octanol–water partition coefficient (Wildman–Crippen LogP) is 4.58. The highest BCUT2D eigenvalue weighted by Gasteiger charge is 2.32. The van der Waals surface area contributed by atoms with Crippen LogP contribution in [0.5, 0.6) is 0 Å². The topological polar surface area (TPSA) is 12.0 Å². The molecule has 1 nitrogen and oxygen atoms in total. The summed E-state index contributed by atoms with van der Waals surface area (Å²) in [5.41, 5.74) is 2.65. The van der Waals surface area contributed by atoms with Gasteiger partial charge in [0.25, 0.3) is 0 Å². The van der Waals surface area contributed by atoms with Crippen molar-refractivity contribution in [3.8, 4) is 0 Å². The molecular weight excluding hydrogens is 249 g/mol. The highest BCUT2D eigenvalue weighted by Crippen LogP contribution is 2.34. The molecule has 2 rings (SSSR count).